The fourth-order valence-corrected chi connectivity index (χ4v) is 2.38. The van der Waals surface area contributed by atoms with E-state index in [4.69, 9.17) is 0 Å². The van der Waals surface area contributed by atoms with Crippen molar-refractivity contribution in [3.63, 3.8) is 0 Å². The Morgan fingerprint density at radius 1 is 1.35 bits per heavy atom. The molecule has 1 N–H and O–H groups in total. The summed E-state index contributed by atoms with van der Waals surface area (Å²) in [5, 5.41) is 10.6. The van der Waals surface area contributed by atoms with Gasteiger partial charge in [0.2, 0.25) is 5.91 Å². The molecule has 0 spiro atoms. The number of hydrogen-bond donors (Lipinski definition) is 1. The smallest absolute Gasteiger partial charge is 0.229 e. The van der Waals surface area contributed by atoms with Crippen LogP contribution < -0.4 is 4.90 Å². The number of rotatable bonds is 1. The van der Waals surface area contributed by atoms with Crippen molar-refractivity contribution >= 4 is 22.5 Å². The highest BCUT2D eigenvalue weighted by molar-refractivity contribution is 5.98. The van der Waals surface area contributed by atoms with Crippen LogP contribution >= 0.6 is 0 Å². The zero-order valence-electron chi connectivity index (χ0n) is 9.63. The second kappa shape index (κ2) is 3.60. The van der Waals surface area contributed by atoms with Crippen LogP contribution in [-0.2, 0) is 11.8 Å². The van der Waals surface area contributed by atoms with Crippen LogP contribution in [0.25, 0.3) is 10.9 Å². The van der Waals surface area contributed by atoms with Gasteiger partial charge in [0.05, 0.1) is 19.1 Å². The van der Waals surface area contributed by atoms with Gasteiger partial charge in [0.25, 0.3) is 0 Å². The summed E-state index contributed by atoms with van der Waals surface area (Å²) in [6.07, 6.45) is 1.69. The molecule has 1 amide bonds. The summed E-state index contributed by atoms with van der Waals surface area (Å²) in [7, 11) is 1.99. The molecule has 1 aliphatic rings. The quantitative estimate of drug-likeness (QED) is 0.802. The van der Waals surface area contributed by atoms with Crippen molar-refractivity contribution in [2.24, 2.45) is 7.05 Å². The lowest BCUT2D eigenvalue weighted by molar-refractivity contribution is -0.117. The van der Waals surface area contributed by atoms with Crippen LogP contribution in [0.2, 0.25) is 0 Å². The first-order valence-corrected chi connectivity index (χ1v) is 5.68. The summed E-state index contributed by atoms with van der Waals surface area (Å²) in [6.45, 7) is 0.400. The number of aryl methyl sites for hydroxylation is 1. The van der Waals surface area contributed by atoms with Crippen LogP contribution in [0.3, 0.4) is 0 Å². The fourth-order valence-electron chi connectivity index (χ4n) is 2.38. The summed E-state index contributed by atoms with van der Waals surface area (Å²) in [4.78, 5) is 13.3. The number of aliphatic hydroxyl groups excluding tert-OH is 1. The number of β-amino-alcohol motifs (C(OH)–C–C–N with tert-alkyl or cyclic N) is 1. The van der Waals surface area contributed by atoms with E-state index in [-0.39, 0.29) is 12.3 Å². The predicted octanol–water partition coefficient (Wildman–Crippen LogP) is 1.28. The van der Waals surface area contributed by atoms with Gasteiger partial charge in [0.1, 0.15) is 0 Å². The third-order valence-corrected chi connectivity index (χ3v) is 3.29. The topological polar surface area (TPSA) is 45.5 Å². The maximum atomic E-state index is 11.7. The highest BCUT2D eigenvalue weighted by Crippen LogP contribution is 2.26. The van der Waals surface area contributed by atoms with Crippen LogP contribution in [0.5, 0.6) is 0 Å². The predicted molar refractivity (Wildman–Crippen MR) is 65.9 cm³/mol. The number of aromatic nitrogens is 1. The van der Waals surface area contributed by atoms with E-state index in [2.05, 4.69) is 0 Å². The van der Waals surface area contributed by atoms with Gasteiger partial charge in [-0.05, 0) is 24.3 Å². The number of aliphatic hydroxyl groups is 1. The van der Waals surface area contributed by atoms with E-state index in [0.717, 1.165) is 16.6 Å². The van der Waals surface area contributed by atoms with E-state index < -0.39 is 6.10 Å². The van der Waals surface area contributed by atoms with E-state index in [9.17, 15) is 9.90 Å². The summed E-state index contributed by atoms with van der Waals surface area (Å²) in [5.41, 5.74) is 2.01. The number of hydrogen-bond acceptors (Lipinski definition) is 2. The number of carbonyl (C=O) groups excluding carboxylic acids is 1. The van der Waals surface area contributed by atoms with Crippen molar-refractivity contribution in [1.29, 1.82) is 0 Å². The molecule has 1 aromatic carbocycles. The van der Waals surface area contributed by atoms with Gasteiger partial charge >= 0.3 is 0 Å². The van der Waals surface area contributed by atoms with E-state index in [1.807, 2.05) is 42.1 Å². The lowest BCUT2D eigenvalue weighted by Gasteiger charge is -2.16. The average molecular weight is 230 g/mol. The largest absolute Gasteiger partial charge is 0.391 e. The van der Waals surface area contributed by atoms with Crippen molar-refractivity contribution in [2.45, 2.75) is 12.5 Å². The molecule has 1 aliphatic heterocycles. The van der Waals surface area contributed by atoms with Gasteiger partial charge in [0, 0.05) is 29.8 Å². The first-order chi connectivity index (χ1) is 8.15. The minimum Gasteiger partial charge on any atom is -0.391 e. The Labute approximate surface area is 99.1 Å². The Bertz CT molecular complexity index is 588. The third kappa shape index (κ3) is 1.61. The molecule has 0 aliphatic carbocycles. The van der Waals surface area contributed by atoms with Crippen molar-refractivity contribution in [3.8, 4) is 0 Å². The summed E-state index contributed by atoms with van der Waals surface area (Å²) < 4.78 is 2.04. The average Bonchev–Trinajstić information content (AvgIpc) is 2.82. The Kier molecular flexibility index (Phi) is 2.19. The summed E-state index contributed by atoms with van der Waals surface area (Å²) in [5.74, 6) is -0.00668. The second-order valence-electron chi connectivity index (χ2n) is 4.53. The zero-order valence-corrected chi connectivity index (χ0v) is 9.63. The molecule has 1 atom stereocenters. The minimum absolute atomic E-state index is 0.00668. The molecule has 88 valence electrons. The first-order valence-electron chi connectivity index (χ1n) is 5.68. The van der Waals surface area contributed by atoms with Crippen LogP contribution in [0.4, 0.5) is 5.69 Å². The lowest BCUT2D eigenvalue weighted by atomic mass is 10.2. The second-order valence-corrected chi connectivity index (χ2v) is 4.53. The van der Waals surface area contributed by atoms with Crippen LogP contribution in [0, 0.1) is 0 Å². The van der Waals surface area contributed by atoms with Gasteiger partial charge in [0.15, 0.2) is 0 Å². The maximum Gasteiger partial charge on any atom is 0.229 e. The van der Waals surface area contributed by atoms with Crippen molar-refractivity contribution in [3.05, 3.63) is 30.5 Å². The minimum atomic E-state index is -0.533. The number of fused-ring (bicyclic) bond motifs is 1. The van der Waals surface area contributed by atoms with Gasteiger partial charge in [-0.15, -0.1) is 0 Å². The molecule has 17 heavy (non-hydrogen) atoms. The number of carbonyl (C=O) groups is 1. The number of anilines is 1. The molecule has 4 heteroatoms. The molecule has 1 aromatic heterocycles. The maximum absolute atomic E-state index is 11.7. The van der Waals surface area contributed by atoms with E-state index in [1.54, 1.807) is 4.90 Å². The number of amides is 1. The molecule has 0 saturated carbocycles. The normalized spacial score (nSPS) is 20.5. The van der Waals surface area contributed by atoms with E-state index >= 15 is 0 Å². The van der Waals surface area contributed by atoms with Gasteiger partial charge in [-0.3, -0.25) is 4.79 Å². The molecule has 1 saturated heterocycles. The molecule has 2 heterocycles. The molecule has 2 aromatic rings. The molecule has 0 bridgehead atoms. The van der Waals surface area contributed by atoms with Crippen molar-refractivity contribution < 1.29 is 9.90 Å². The molecule has 0 radical (unpaired) electrons. The lowest BCUT2D eigenvalue weighted by Crippen LogP contribution is -2.25. The van der Waals surface area contributed by atoms with E-state index in [1.165, 1.54) is 0 Å². The van der Waals surface area contributed by atoms with Crippen LogP contribution in [0.15, 0.2) is 30.5 Å². The van der Waals surface area contributed by atoms with Crippen LogP contribution in [-0.4, -0.2) is 28.2 Å². The molecular formula is C13H14N2O2. The summed E-state index contributed by atoms with van der Waals surface area (Å²) in [6, 6.07) is 7.95. The molecule has 1 unspecified atom stereocenters. The summed E-state index contributed by atoms with van der Waals surface area (Å²) >= 11 is 0. The Balaban J connectivity index is 2.03. The zero-order chi connectivity index (χ0) is 12.0. The van der Waals surface area contributed by atoms with Gasteiger partial charge in [-0.2, -0.15) is 0 Å². The fraction of sp³-hybridized carbons (Fsp3) is 0.308. The standard InChI is InChI=1S/C13H14N2O2/c1-14-5-4-9-6-10(2-3-12(9)14)15-8-11(16)7-13(15)17/h2-6,11,16H,7-8H2,1H3. The van der Waals surface area contributed by atoms with Gasteiger partial charge < -0.3 is 14.6 Å². The Morgan fingerprint density at radius 2 is 2.18 bits per heavy atom. The van der Waals surface area contributed by atoms with Crippen molar-refractivity contribution in [1.82, 2.24) is 4.57 Å². The Morgan fingerprint density at radius 3 is 2.88 bits per heavy atom. The molecular weight excluding hydrogens is 216 g/mol. The monoisotopic (exact) mass is 230 g/mol. The molecule has 1 fully saturated rings. The van der Waals surface area contributed by atoms with Gasteiger partial charge in [-0.1, -0.05) is 0 Å². The molecule has 3 rings (SSSR count). The van der Waals surface area contributed by atoms with Crippen LogP contribution in [0.1, 0.15) is 6.42 Å². The Hall–Kier alpha value is -1.81. The number of nitrogens with zero attached hydrogens (tertiary/aromatic N) is 2. The van der Waals surface area contributed by atoms with Gasteiger partial charge in [-0.25, -0.2) is 0 Å². The number of benzene rings is 1. The highest BCUT2D eigenvalue weighted by Gasteiger charge is 2.29. The molecule has 4 nitrogen and oxygen atoms in total. The van der Waals surface area contributed by atoms with E-state index in [0.29, 0.717) is 6.54 Å². The third-order valence-electron chi connectivity index (χ3n) is 3.29. The van der Waals surface area contributed by atoms with Crippen molar-refractivity contribution in [2.75, 3.05) is 11.4 Å². The SMILES string of the molecule is Cn1ccc2cc(N3CC(O)CC3=O)ccc21. The highest BCUT2D eigenvalue weighted by atomic mass is 16.3. The first kappa shape index (κ1) is 10.4.